The Kier molecular flexibility index (Phi) is 2.59. The van der Waals surface area contributed by atoms with Gasteiger partial charge in [-0.25, -0.2) is 0 Å². The number of nitrogens with two attached hydrogens (primary N) is 1. The topological polar surface area (TPSA) is 66.0 Å². The fourth-order valence-corrected chi connectivity index (χ4v) is 2.32. The van der Waals surface area contributed by atoms with Crippen LogP contribution in [-0.2, 0) is 7.05 Å². The smallest absolute Gasteiger partial charge is 0.157 e. The number of hydrogen-bond donors (Lipinski definition) is 1. The lowest BCUT2D eigenvalue weighted by atomic mass is 10.1. The van der Waals surface area contributed by atoms with Gasteiger partial charge in [0.2, 0.25) is 0 Å². The van der Waals surface area contributed by atoms with Gasteiger partial charge in [0.15, 0.2) is 5.82 Å². The Morgan fingerprint density at radius 3 is 2.74 bits per heavy atom. The number of ether oxygens (including phenoxy) is 1. The monoisotopic (exact) mass is 254 g/mol. The maximum Gasteiger partial charge on any atom is 0.157 e. The van der Waals surface area contributed by atoms with Gasteiger partial charge in [0.1, 0.15) is 5.75 Å². The predicted octanol–water partition coefficient (Wildman–Crippen LogP) is 2.23. The minimum Gasteiger partial charge on any atom is -0.496 e. The summed E-state index contributed by atoms with van der Waals surface area (Å²) in [6.07, 6.45) is 1.77. The summed E-state index contributed by atoms with van der Waals surface area (Å²) in [6.45, 7) is 0. The summed E-state index contributed by atoms with van der Waals surface area (Å²) >= 11 is 0. The van der Waals surface area contributed by atoms with Crippen molar-refractivity contribution in [1.82, 2.24) is 14.8 Å². The number of nitrogen functional groups attached to an aromatic ring is 1. The third-order valence-corrected chi connectivity index (χ3v) is 3.14. The van der Waals surface area contributed by atoms with E-state index in [0.717, 1.165) is 27.9 Å². The summed E-state index contributed by atoms with van der Waals surface area (Å²) in [4.78, 5) is 4.38. The van der Waals surface area contributed by atoms with Gasteiger partial charge in [-0.3, -0.25) is 9.67 Å². The molecule has 2 heterocycles. The van der Waals surface area contributed by atoms with Crippen LogP contribution in [0.15, 0.2) is 36.5 Å². The Morgan fingerprint density at radius 1 is 1.21 bits per heavy atom. The lowest BCUT2D eigenvalue weighted by molar-refractivity contribution is 0.420. The minimum atomic E-state index is 0.465. The molecule has 2 aromatic heterocycles. The predicted molar refractivity (Wildman–Crippen MR) is 74.9 cm³/mol. The molecular weight excluding hydrogens is 240 g/mol. The van der Waals surface area contributed by atoms with Crippen LogP contribution in [0.25, 0.3) is 22.2 Å². The molecule has 0 atom stereocenters. The molecule has 0 fully saturated rings. The summed E-state index contributed by atoms with van der Waals surface area (Å²) in [7, 11) is 3.49. The van der Waals surface area contributed by atoms with E-state index in [4.69, 9.17) is 10.5 Å². The number of rotatable bonds is 2. The second kappa shape index (κ2) is 4.28. The van der Waals surface area contributed by atoms with Gasteiger partial charge in [-0.2, -0.15) is 5.10 Å². The molecule has 0 bridgehead atoms. The maximum atomic E-state index is 5.97. The van der Waals surface area contributed by atoms with E-state index in [2.05, 4.69) is 10.1 Å². The van der Waals surface area contributed by atoms with Crippen LogP contribution >= 0.6 is 0 Å². The first kappa shape index (κ1) is 11.5. The fraction of sp³-hybridized carbons (Fsp3) is 0.143. The average molecular weight is 254 g/mol. The lowest BCUT2D eigenvalue weighted by Gasteiger charge is -2.07. The first-order valence-electron chi connectivity index (χ1n) is 5.93. The molecule has 5 nitrogen and oxygen atoms in total. The van der Waals surface area contributed by atoms with Crippen molar-refractivity contribution in [3.8, 4) is 17.0 Å². The normalized spacial score (nSPS) is 10.8. The molecule has 0 aliphatic rings. The number of benzene rings is 1. The highest BCUT2D eigenvalue weighted by atomic mass is 16.5. The molecular formula is C14H14N4O. The van der Waals surface area contributed by atoms with E-state index in [1.54, 1.807) is 18.0 Å². The van der Waals surface area contributed by atoms with Gasteiger partial charge in [0.05, 0.1) is 23.7 Å². The molecule has 0 aliphatic heterocycles. The molecule has 1 aromatic carbocycles. The lowest BCUT2D eigenvalue weighted by Crippen LogP contribution is -1.94. The van der Waals surface area contributed by atoms with E-state index in [-0.39, 0.29) is 0 Å². The molecule has 0 spiro atoms. The van der Waals surface area contributed by atoms with Crippen LogP contribution < -0.4 is 10.5 Å². The number of nitrogens with zero attached hydrogens (tertiary/aromatic N) is 3. The molecule has 3 rings (SSSR count). The molecule has 0 aliphatic carbocycles. The van der Waals surface area contributed by atoms with Crippen LogP contribution in [0.1, 0.15) is 0 Å². The number of anilines is 1. The van der Waals surface area contributed by atoms with E-state index in [9.17, 15) is 0 Å². The molecule has 96 valence electrons. The zero-order chi connectivity index (χ0) is 13.4. The van der Waals surface area contributed by atoms with Crippen molar-refractivity contribution in [3.05, 3.63) is 36.5 Å². The number of methoxy groups -OCH3 is 1. The number of aromatic nitrogens is 3. The van der Waals surface area contributed by atoms with Crippen LogP contribution in [0.4, 0.5) is 5.82 Å². The van der Waals surface area contributed by atoms with Crippen molar-refractivity contribution in [3.63, 3.8) is 0 Å². The van der Waals surface area contributed by atoms with E-state index < -0.39 is 0 Å². The number of aryl methyl sites for hydroxylation is 1. The number of pyridine rings is 1. The summed E-state index contributed by atoms with van der Waals surface area (Å²) < 4.78 is 7.12. The highest BCUT2D eigenvalue weighted by Gasteiger charge is 2.16. The molecule has 0 radical (unpaired) electrons. The van der Waals surface area contributed by atoms with Crippen LogP contribution in [0.5, 0.6) is 5.75 Å². The molecule has 0 unspecified atom stereocenters. The quantitative estimate of drug-likeness (QED) is 0.761. The van der Waals surface area contributed by atoms with E-state index in [1.165, 1.54) is 0 Å². The van der Waals surface area contributed by atoms with Crippen molar-refractivity contribution in [2.45, 2.75) is 0 Å². The van der Waals surface area contributed by atoms with E-state index >= 15 is 0 Å². The maximum absolute atomic E-state index is 5.97. The minimum absolute atomic E-state index is 0.465. The standard InChI is InChI=1S/C14H14N4O/c1-18-13-9(10-5-3-4-8-16-10)6-7-11(19-2)12(13)14(15)17-18/h3-8H,1-2H3,(H2,15,17). The Bertz CT molecular complexity index is 734. The number of hydrogen-bond acceptors (Lipinski definition) is 4. The van der Waals surface area contributed by atoms with Gasteiger partial charge in [0, 0.05) is 18.8 Å². The zero-order valence-electron chi connectivity index (χ0n) is 10.8. The summed E-state index contributed by atoms with van der Waals surface area (Å²) in [5.41, 5.74) is 8.77. The van der Waals surface area contributed by atoms with Crippen molar-refractivity contribution in [2.75, 3.05) is 12.8 Å². The Labute approximate surface area is 110 Å². The number of fused-ring (bicyclic) bond motifs is 1. The van der Waals surface area contributed by atoms with Crippen LogP contribution in [-0.4, -0.2) is 21.9 Å². The molecule has 19 heavy (non-hydrogen) atoms. The second-order valence-electron chi connectivity index (χ2n) is 4.26. The third kappa shape index (κ3) is 1.71. The van der Waals surface area contributed by atoms with Crippen molar-refractivity contribution >= 4 is 16.7 Å². The van der Waals surface area contributed by atoms with Crippen LogP contribution in [0, 0.1) is 0 Å². The summed E-state index contributed by atoms with van der Waals surface area (Å²) in [5.74, 6) is 1.19. The second-order valence-corrected chi connectivity index (χ2v) is 4.26. The zero-order valence-corrected chi connectivity index (χ0v) is 10.8. The Balaban J connectivity index is 2.39. The molecule has 3 aromatic rings. The van der Waals surface area contributed by atoms with Gasteiger partial charge in [-0.15, -0.1) is 0 Å². The van der Waals surface area contributed by atoms with Gasteiger partial charge in [-0.1, -0.05) is 6.07 Å². The SMILES string of the molecule is COc1ccc(-c2ccccn2)c2c1c(N)nn2C. The summed E-state index contributed by atoms with van der Waals surface area (Å²) in [5, 5.41) is 5.10. The van der Waals surface area contributed by atoms with Crippen LogP contribution in [0.2, 0.25) is 0 Å². The highest BCUT2D eigenvalue weighted by molar-refractivity contribution is 6.02. The van der Waals surface area contributed by atoms with Gasteiger partial charge in [0.25, 0.3) is 0 Å². The summed E-state index contributed by atoms with van der Waals surface area (Å²) in [6, 6.07) is 9.68. The first-order valence-corrected chi connectivity index (χ1v) is 5.93. The van der Waals surface area contributed by atoms with E-state index in [0.29, 0.717) is 5.82 Å². The van der Waals surface area contributed by atoms with Gasteiger partial charge >= 0.3 is 0 Å². The van der Waals surface area contributed by atoms with Crippen molar-refractivity contribution in [2.24, 2.45) is 7.05 Å². The Morgan fingerprint density at radius 2 is 2.05 bits per heavy atom. The van der Waals surface area contributed by atoms with Gasteiger partial charge < -0.3 is 10.5 Å². The van der Waals surface area contributed by atoms with E-state index in [1.807, 2.05) is 37.4 Å². The molecule has 0 amide bonds. The largest absolute Gasteiger partial charge is 0.496 e. The Hall–Kier alpha value is -2.56. The third-order valence-electron chi connectivity index (χ3n) is 3.14. The fourth-order valence-electron chi connectivity index (χ4n) is 2.32. The van der Waals surface area contributed by atoms with Gasteiger partial charge in [-0.05, 0) is 24.3 Å². The average Bonchev–Trinajstić information content (AvgIpc) is 2.75. The van der Waals surface area contributed by atoms with Crippen molar-refractivity contribution < 1.29 is 4.74 Å². The molecule has 2 N–H and O–H groups in total. The molecule has 0 saturated carbocycles. The van der Waals surface area contributed by atoms with Crippen molar-refractivity contribution in [1.29, 1.82) is 0 Å². The first-order chi connectivity index (χ1) is 9.22. The van der Waals surface area contributed by atoms with Crippen LogP contribution in [0.3, 0.4) is 0 Å². The molecule has 5 heteroatoms. The highest BCUT2D eigenvalue weighted by Crippen LogP contribution is 2.36. The molecule has 0 saturated heterocycles.